The first-order valence-electron chi connectivity index (χ1n) is 17.4. The summed E-state index contributed by atoms with van der Waals surface area (Å²) in [5.41, 5.74) is 11.1. The molecule has 7 aromatic carbocycles. The predicted octanol–water partition coefficient (Wildman–Crippen LogP) is 11.8. The molecule has 1 aliphatic heterocycles. The molecule has 9 aromatic rings. The highest BCUT2D eigenvalue weighted by molar-refractivity contribution is 6.24. The zero-order valence-corrected chi connectivity index (χ0v) is 27.2. The fourth-order valence-corrected chi connectivity index (χ4v) is 8.46. The minimum absolute atomic E-state index is 0.313. The van der Waals surface area contributed by atoms with Gasteiger partial charge in [-0.05, 0) is 81.9 Å². The van der Waals surface area contributed by atoms with Crippen LogP contribution in [0.3, 0.4) is 0 Å². The van der Waals surface area contributed by atoms with Crippen molar-refractivity contribution in [2.75, 3.05) is 0 Å². The van der Waals surface area contributed by atoms with Crippen molar-refractivity contribution >= 4 is 71.0 Å². The van der Waals surface area contributed by atoms with Gasteiger partial charge in [-0.3, -0.25) is 0 Å². The van der Waals surface area contributed by atoms with Gasteiger partial charge in [0.1, 0.15) is 11.2 Å². The third-order valence-electron chi connectivity index (χ3n) is 10.7. The van der Waals surface area contributed by atoms with E-state index >= 15 is 0 Å². The van der Waals surface area contributed by atoms with Crippen LogP contribution in [0, 0.1) is 0 Å². The van der Waals surface area contributed by atoms with Crippen LogP contribution in [0.1, 0.15) is 24.7 Å². The van der Waals surface area contributed by atoms with E-state index in [4.69, 9.17) is 9.41 Å². The number of hydrogen-bond donors (Lipinski definition) is 1. The summed E-state index contributed by atoms with van der Waals surface area (Å²) in [4.78, 5) is 5.50. The molecule has 1 aliphatic carbocycles. The molecule has 0 bridgehead atoms. The highest BCUT2D eigenvalue weighted by Gasteiger charge is 2.28. The van der Waals surface area contributed by atoms with Crippen molar-refractivity contribution in [3.63, 3.8) is 0 Å². The van der Waals surface area contributed by atoms with Crippen LogP contribution >= 0.6 is 0 Å². The molecule has 50 heavy (non-hydrogen) atoms. The van der Waals surface area contributed by atoms with Crippen molar-refractivity contribution in [1.29, 1.82) is 0 Å². The van der Waals surface area contributed by atoms with Crippen LogP contribution < -0.4 is 5.32 Å². The van der Waals surface area contributed by atoms with Gasteiger partial charge in [0.05, 0.1) is 16.7 Å². The Balaban J connectivity index is 1.19. The Morgan fingerprint density at radius 3 is 2.26 bits per heavy atom. The summed E-state index contributed by atoms with van der Waals surface area (Å²) in [5.74, 6) is 0. The van der Waals surface area contributed by atoms with Crippen LogP contribution in [0.15, 0.2) is 172 Å². The van der Waals surface area contributed by atoms with Crippen molar-refractivity contribution in [1.82, 2.24) is 9.88 Å². The average Bonchev–Trinajstić information content (AvgIpc) is 3.73. The monoisotopic (exact) mass is 641 g/mol. The van der Waals surface area contributed by atoms with Gasteiger partial charge in [-0.2, -0.15) is 0 Å². The molecule has 0 fully saturated rings. The van der Waals surface area contributed by atoms with E-state index in [1.165, 1.54) is 43.3 Å². The number of fused-ring (bicyclic) bond motifs is 10. The number of furan rings is 1. The van der Waals surface area contributed by atoms with Gasteiger partial charge in [-0.15, -0.1) is 0 Å². The van der Waals surface area contributed by atoms with Gasteiger partial charge in [0.2, 0.25) is 6.29 Å². The van der Waals surface area contributed by atoms with Gasteiger partial charge >= 0.3 is 0 Å². The van der Waals surface area contributed by atoms with E-state index < -0.39 is 0 Å². The Labute approximate surface area is 288 Å². The average molecular weight is 642 g/mol. The number of aromatic nitrogens is 1. The summed E-state index contributed by atoms with van der Waals surface area (Å²) in [6.45, 7) is 0. The molecule has 0 saturated heterocycles. The first-order chi connectivity index (χ1) is 24.8. The maximum atomic E-state index is 6.47. The summed E-state index contributed by atoms with van der Waals surface area (Å²) >= 11 is 0. The second-order valence-corrected chi connectivity index (χ2v) is 13.4. The van der Waals surface area contributed by atoms with Crippen molar-refractivity contribution in [2.45, 2.75) is 19.1 Å². The number of nitrogens with one attached hydrogen (secondary N) is 1. The lowest BCUT2D eigenvalue weighted by Gasteiger charge is -2.30. The highest BCUT2D eigenvalue weighted by atomic mass is 16.3. The Bertz CT molecular complexity index is 2960. The third kappa shape index (κ3) is 3.96. The minimum atomic E-state index is -0.313. The Hall–Kier alpha value is -6.39. The van der Waals surface area contributed by atoms with Crippen LogP contribution in [0.2, 0.25) is 0 Å². The quantitative estimate of drug-likeness (QED) is 0.209. The number of rotatable bonds is 3. The number of benzene rings is 7. The van der Waals surface area contributed by atoms with E-state index in [9.17, 15) is 0 Å². The van der Waals surface area contributed by atoms with Crippen LogP contribution in [0.5, 0.6) is 0 Å². The maximum absolute atomic E-state index is 6.47. The summed E-state index contributed by atoms with van der Waals surface area (Å²) in [6.07, 6.45) is 6.20. The number of para-hydroxylation sites is 1. The van der Waals surface area contributed by atoms with Gasteiger partial charge < -0.3 is 14.3 Å². The molecule has 0 saturated carbocycles. The Kier molecular flexibility index (Phi) is 5.81. The molecule has 4 heteroatoms. The first-order valence-corrected chi connectivity index (χ1v) is 17.4. The molecule has 1 atom stereocenters. The smallest absolute Gasteiger partial charge is 0.201 e. The minimum Gasteiger partial charge on any atom is -0.456 e. The second kappa shape index (κ2) is 10.6. The summed E-state index contributed by atoms with van der Waals surface area (Å²) in [6, 6.07) is 50.1. The third-order valence-corrected chi connectivity index (χ3v) is 10.7. The van der Waals surface area contributed by atoms with Gasteiger partial charge in [0.15, 0.2) is 0 Å². The van der Waals surface area contributed by atoms with Gasteiger partial charge in [0, 0.05) is 38.4 Å². The lowest BCUT2D eigenvalue weighted by atomic mass is 9.92. The molecule has 0 radical (unpaired) electrons. The van der Waals surface area contributed by atoms with Gasteiger partial charge in [0.25, 0.3) is 0 Å². The van der Waals surface area contributed by atoms with E-state index in [2.05, 4.69) is 155 Å². The highest BCUT2D eigenvalue weighted by Crippen LogP contribution is 2.43. The summed E-state index contributed by atoms with van der Waals surface area (Å²) in [7, 11) is 0. The molecule has 2 aromatic heterocycles. The van der Waals surface area contributed by atoms with Crippen LogP contribution in [-0.2, 0) is 0 Å². The van der Waals surface area contributed by atoms with Crippen LogP contribution in [-0.4, -0.2) is 10.3 Å². The fourth-order valence-electron chi connectivity index (χ4n) is 8.46. The van der Waals surface area contributed by atoms with Crippen molar-refractivity contribution in [3.8, 4) is 11.1 Å². The first kappa shape index (κ1) is 27.5. The normalized spacial score (nSPS) is 16.2. The van der Waals surface area contributed by atoms with Crippen molar-refractivity contribution in [3.05, 3.63) is 169 Å². The summed E-state index contributed by atoms with van der Waals surface area (Å²) in [5, 5.41) is 13.5. The number of hydrogen-bond acceptors (Lipinski definition) is 3. The molecule has 2 aliphatic rings. The zero-order chi connectivity index (χ0) is 32.8. The zero-order valence-electron chi connectivity index (χ0n) is 27.2. The van der Waals surface area contributed by atoms with Gasteiger partial charge in [-0.1, -0.05) is 115 Å². The molecule has 3 heterocycles. The lowest BCUT2D eigenvalue weighted by Crippen LogP contribution is -2.32. The number of nitrogens with zero attached hydrogens (tertiary/aromatic N) is 2. The van der Waals surface area contributed by atoms with Crippen LogP contribution in [0.25, 0.3) is 76.4 Å². The molecular weight excluding hydrogens is 611 g/mol. The molecule has 11 rings (SSSR count). The fraction of sp³-hybridized carbons (Fsp3) is 0.0652. The van der Waals surface area contributed by atoms with E-state index in [1.807, 2.05) is 6.07 Å². The van der Waals surface area contributed by atoms with Crippen LogP contribution in [0.4, 0.5) is 0 Å². The van der Waals surface area contributed by atoms with Crippen molar-refractivity contribution < 1.29 is 4.42 Å². The van der Waals surface area contributed by atoms with Crippen molar-refractivity contribution in [2.24, 2.45) is 4.99 Å². The molecular formula is C46H31N3O. The van der Waals surface area contributed by atoms with Gasteiger partial charge in [-0.25, -0.2) is 4.99 Å². The van der Waals surface area contributed by atoms with E-state index in [0.29, 0.717) is 0 Å². The molecule has 1 N–H and O–H groups in total. The SMILES string of the molecule is C1=CC2=C(CC1)C(c1ccccc1)=NC(n1c3ccc(-c4cc5oc6ccccc6c5c5ccccc45)cc3c3c4ccccc4ccc31)N2. The molecule has 1 unspecified atom stereocenters. The molecule has 0 spiro atoms. The summed E-state index contributed by atoms with van der Waals surface area (Å²) < 4.78 is 8.87. The Morgan fingerprint density at radius 1 is 0.600 bits per heavy atom. The maximum Gasteiger partial charge on any atom is 0.201 e. The largest absolute Gasteiger partial charge is 0.456 e. The topological polar surface area (TPSA) is 42.5 Å². The number of aliphatic imine (C=N–C) groups is 1. The van der Waals surface area contributed by atoms with E-state index in [0.717, 1.165) is 68.5 Å². The number of allylic oxidation sites excluding steroid dienone is 3. The standard InChI is InChI=1S/C46H31N3O/c1-2-13-29(14-3-1)45-34-18-8-10-20-38(34)47-46(48-45)49-39-24-23-30(26-37(39)43-31-15-5-4-12-28(31)22-25-40(43)49)36-27-42-44(33-17-7-6-16-32(33)36)35-19-9-11-21-41(35)50-42/h1-7,9-17,19-27,46-47H,8,18H2. The van der Waals surface area contributed by atoms with E-state index in [-0.39, 0.29) is 6.29 Å². The molecule has 236 valence electrons. The van der Waals surface area contributed by atoms with E-state index in [1.54, 1.807) is 0 Å². The predicted molar refractivity (Wildman–Crippen MR) is 208 cm³/mol. The lowest BCUT2D eigenvalue weighted by molar-refractivity contribution is 0.480. The molecule has 4 nitrogen and oxygen atoms in total. The Morgan fingerprint density at radius 2 is 1.36 bits per heavy atom. The second-order valence-electron chi connectivity index (χ2n) is 13.4. The molecule has 0 amide bonds.